The van der Waals surface area contributed by atoms with E-state index in [1.54, 1.807) is 47.6 Å². The number of hydrogen-bond donors (Lipinski definition) is 0. The van der Waals surface area contributed by atoms with Gasteiger partial charge in [0.05, 0.1) is 17.0 Å². The van der Waals surface area contributed by atoms with Crippen molar-refractivity contribution in [3.8, 4) is 11.6 Å². The van der Waals surface area contributed by atoms with E-state index in [1.165, 1.54) is 4.90 Å². The molecule has 31 heavy (non-hydrogen) atoms. The third-order valence-electron chi connectivity index (χ3n) is 5.44. The molecule has 10 heteroatoms. The molecule has 0 bridgehead atoms. The van der Waals surface area contributed by atoms with E-state index in [9.17, 15) is 14.4 Å². The fourth-order valence-corrected chi connectivity index (χ4v) is 3.73. The van der Waals surface area contributed by atoms with Crippen molar-refractivity contribution in [3.63, 3.8) is 0 Å². The molecular formula is C21H18N6O4. The molecule has 0 atom stereocenters. The molecule has 1 fully saturated rings. The van der Waals surface area contributed by atoms with Crippen LogP contribution in [0.15, 0.2) is 47.2 Å². The zero-order valence-electron chi connectivity index (χ0n) is 16.5. The van der Waals surface area contributed by atoms with E-state index in [0.717, 1.165) is 0 Å². The summed E-state index contributed by atoms with van der Waals surface area (Å²) >= 11 is 0. The zero-order valence-corrected chi connectivity index (χ0v) is 16.5. The molecule has 4 heterocycles. The van der Waals surface area contributed by atoms with E-state index in [4.69, 9.17) is 4.52 Å². The summed E-state index contributed by atoms with van der Waals surface area (Å²) in [6, 6.07) is 8.46. The van der Waals surface area contributed by atoms with Crippen LogP contribution in [0.2, 0.25) is 0 Å². The molecule has 2 aromatic heterocycles. The number of aromatic nitrogens is 4. The maximum absolute atomic E-state index is 12.4. The fraction of sp³-hybridized carbons (Fsp3) is 0.286. The van der Waals surface area contributed by atoms with Crippen molar-refractivity contribution in [1.82, 2.24) is 29.9 Å². The number of amides is 3. The normalized spacial score (nSPS) is 15.9. The highest BCUT2D eigenvalue weighted by molar-refractivity contribution is 6.21. The van der Waals surface area contributed by atoms with Gasteiger partial charge in [-0.05, 0) is 24.6 Å². The lowest BCUT2D eigenvalue weighted by molar-refractivity contribution is -0.136. The van der Waals surface area contributed by atoms with Gasteiger partial charge in [-0.1, -0.05) is 17.3 Å². The Morgan fingerprint density at radius 3 is 2.35 bits per heavy atom. The molecule has 0 unspecified atom stereocenters. The predicted molar refractivity (Wildman–Crippen MR) is 106 cm³/mol. The predicted octanol–water partition coefficient (Wildman–Crippen LogP) is 1.53. The topological polar surface area (TPSA) is 122 Å². The second-order valence-electron chi connectivity index (χ2n) is 7.44. The van der Waals surface area contributed by atoms with Crippen LogP contribution in [0, 0.1) is 0 Å². The molecule has 0 N–H and O–H groups in total. The minimum absolute atomic E-state index is 0.0230. The number of carbonyl (C=O) groups is 3. The van der Waals surface area contributed by atoms with Gasteiger partial charge in [0.2, 0.25) is 23.4 Å². The van der Waals surface area contributed by atoms with Crippen molar-refractivity contribution in [3.05, 3.63) is 59.7 Å². The number of likely N-dealkylation sites (tertiary alicyclic amines) is 1. The minimum atomic E-state index is -0.299. The van der Waals surface area contributed by atoms with E-state index < -0.39 is 0 Å². The molecule has 156 valence electrons. The summed E-state index contributed by atoms with van der Waals surface area (Å²) in [7, 11) is 0. The van der Waals surface area contributed by atoms with E-state index in [1.807, 2.05) is 0 Å². The van der Waals surface area contributed by atoms with Crippen LogP contribution < -0.4 is 0 Å². The van der Waals surface area contributed by atoms with E-state index in [-0.39, 0.29) is 36.6 Å². The van der Waals surface area contributed by atoms with E-state index in [2.05, 4.69) is 20.1 Å². The Kier molecular flexibility index (Phi) is 4.73. The molecule has 3 amide bonds. The molecule has 1 saturated heterocycles. The minimum Gasteiger partial charge on any atom is -0.341 e. The molecule has 5 rings (SSSR count). The Labute approximate surface area is 176 Å². The van der Waals surface area contributed by atoms with Gasteiger partial charge in [-0.2, -0.15) is 4.98 Å². The Bertz CT molecular complexity index is 1120. The molecular weight excluding hydrogens is 400 g/mol. The number of hydrogen-bond acceptors (Lipinski definition) is 8. The number of nitrogens with zero attached hydrogens (tertiary/aromatic N) is 6. The van der Waals surface area contributed by atoms with Crippen LogP contribution in [0.25, 0.3) is 11.6 Å². The summed E-state index contributed by atoms with van der Waals surface area (Å²) in [5.41, 5.74) is 0.841. The van der Waals surface area contributed by atoms with Crippen LogP contribution in [0.1, 0.15) is 45.4 Å². The summed E-state index contributed by atoms with van der Waals surface area (Å²) < 4.78 is 5.29. The smallest absolute Gasteiger partial charge is 0.261 e. The Balaban J connectivity index is 1.10. The van der Waals surface area contributed by atoms with Gasteiger partial charge in [0, 0.05) is 38.4 Å². The maximum Gasteiger partial charge on any atom is 0.261 e. The molecule has 0 spiro atoms. The first-order chi connectivity index (χ1) is 15.1. The lowest BCUT2D eigenvalue weighted by Crippen LogP contribution is -2.48. The molecule has 2 aliphatic rings. The van der Waals surface area contributed by atoms with E-state index in [0.29, 0.717) is 48.2 Å². The summed E-state index contributed by atoms with van der Waals surface area (Å²) in [6.45, 7) is 1.20. The third-order valence-corrected chi connectivity index (χ3v) is 5.44. The molecule has 3 aromatic rings. The molecule has 0 saturated carbocycles. The van der Waals surface area contributed by atoms with Crippen molar-refractivity contribution >= 4 is 17.7 Å². The molecule has 1 aromatic carbocycles. The quantitative estimate of drug-likeness (QED) is 0.552. The lowest BCUT2D eigenvalue weighted by atomic mass is 9.99. The summed E-state index contributed by atoms with van der Waals surface area (Å²) in [5, 5.41) is 3.90. The average Bonchev–Trinajstić information content (AvgIpc) is 3.33. The van der Waals surface area contributed by atoms with Crippen LogP contribution >= 0.6 is 0 Å². The molecule has 0 aliphatic carbocycles. The number of benzene rings is 1. The average molecular weight is 418 g/mol. The summed E-state index contributed by atoms with van der Waals surface area (Å²) in [6.07, 6.45) is 3.88. The van der Waals surface area contributed by atoms with Crippen LogP contribution in [0.3, 0.4) is 0 Å². The highest BCUT2D eigenvalue weighted by atomic mass is 16.5. The highest BCUT2D eigenvalue weighted by Gasteiger charge is 2.37. The van der Waals surface area contributed by atoms with Crippen molar-refractivity contribution < 1.29 is 18.9 Å². The van der Waals surface area contributed by atoms with Crippen molar-refractivity contribution in [2.24, 2.45) is 0 Å². The zero-order chi connectivity index (χ0) is 21.4. The second-order valence-corrected chi connectivity index (χ2v) is 7.44. The van der Waals surface area contributed by atoms with Crippen LogP contribution in [-0.4, -0.2) is 67.3 Å². The number of imide groups is 1. The summed E-state index contributed by atoms with van der Waals surface area (Å²) in [5.74, 6) is 0.513. The standard InChI is InChI=1S/C21H18N6O4/c28-16(7-3-10-27-20(29)14-5-1-2-6-15(14)21(27)30)26-11-13(12-26)19-24-18(25-31-19)17-22-8-4-9-23-17/h1-2,4-6,8-9,13H,3,7,10-12H2. The van der Waals surface area contributed by atoms with Crippen molar-refractivity contribution in [2.45, 2.75) is 18.8 Å². The van der Waals surface area contributed by atoms with Gasteiger partial charge in [-0.15, -0.1) is 0 Å². The third kappa shape index (κ3) is 3.45. The SMILES string of the molecule is O=C(CCCN1C(=O)c2ccccc2C1=O)N1CC(c2nc(-c3ncccn3)no2)C1. The number of carbonyl (C=O) groups excluding carboxylic acids is 3. The monoisotopic (exact) mass is 418 g/mol. The second kappa shape index (κ2) is 7.71. The van der Waals surface area contributed by atoms with Gasteiger partial charge >= 0.3 is 0 Å². The van der Waals surface area contributed by atoms with Crippen molar-refractivity contribution in [2.75, 3.05) is 19.6 Å². The van der Waals surface area contributed by atoms with Crippen molar-refractivity contribution in [1.29, 1.82) is 0 Å². The van der Waals surface area contributed by atoms with Crippen LogP contribution in [-0.2, 0) is 4.79 Å². The highest BCUT2D eigenvalue weighted by Crippen LogP contribution is 2.28. The summed E-state index contributed by atoms with van der Waals surface area (Å²) in [4.78, 5) is 52.6. The van der Waals surface area contributed by atoms with Gasteiger partial charge in [0.1, 0.15) is 0 Å². The van der Waals surface area contributed by atoms with Gasteiger partial charge in [-0.25, -0.2) is 9.97 Å². The lowest BCUT2D eigenvalue weighted by Gasteiger charge is -2.37. The first-order valence-corrected chi connectivity index (χ1v) is 9.96. The Morgan fingerprint density at radius 2 is 1.68 bits per heavy atom. The number of fused-ring (bicyclic) bond motifs is 1. The van der Waals surface area contributed by atoms with Crippen LogP contribution in [0.5, 0.6) is 0 Å². The van der Waals surface area contributed by atoms with Gasteiger partial charge in [-0.3, -0.25) is 19.3 Å². The number of rotatable bonds is 6. The van der Waals surface area contributed by atoms with Gasteiger partial charge in [0.15, 0.2) is 0 Å². The first kappa shape index (κ1) is 19.0. The van der Waals surface area contributed by atoms with Gasteiger partial charge in [0.25, 0.3) is 11.8 Å². The molecule has 2 aliphatic heterocycles. The fourth-order valence-electron chi connectivity index (χ4n) is 3.73. The Morgan fingerprint density at radius 1 is 1.00 bits per heavy atom. The maximum atomic E-state index is 12.4. The molecule has 10 nitrogen and oxygen atoms in total. The molecule has 0 radical (unpaired) electrons. The van der Waals surface area contributed by atoms with Gasteiger partial charge < -0.3 is 9.42 Å². The first-order valence-electron chi connectivity index (χ1n) is 9.96. The largest absolute Gasteiger partial charge is 0.341 e. The van der Waals surface area contributed by atoms with E-state index >= 15 is 0 Å². The van der Waals surface area contributed by atoms with Crippen LogP contribution in [0.4, 0.5) is 0 Å². The Hall–Kier alpha value is -3.95.